The molecule has 6 heteroatoms. The fourth-order valence-corrected chi connectivity index (χ4v) is 3.48. The van der Waals surface area contributed by atoms with Crippen molar-refractivity contribution in [3.8, 4) is 0 Å². The summed E-state index contributed by atoms with van der Waals surface area (Å²) in [5, 5.41) is 3.11. The summed E-state index contributed by atoms with van der Waals surface area (Å²) in [5.41, 5.74) is 0.721. The van der Waals surface area contributed by atoms with Crippen LogP contribution in [0.1, 0.15) is 18.4 Å². The van der Waals surface area contributed by atoms with Gasteiger partial charge in [-0.25, -0.2) is 17.5 Å². The Morgan fingerprint density at radius 1 is 1.44 bits per heavy atom. The topological polar surface area (TPSA) is 58.2 Å². The molecule has 0 saturated carbocycles. The highest BCUT2D eigenvalue weighted by Gasteiger charge is 2.24. The SMILES string of the molecule is Cc1ccc(F)c(S(=O)(=O)NC2CCCNC2)c1. The second-order valence-electron chi connectivity index (χ2n) is 4.60. The Hall–Kier alpha value is -0.980. The van der Waals surface area contributed by atoms with E-state index in [4.69, 9.17) is 0 Å². The number of piperidine rings is 1. The van der Waals surface area contributed by atoms with E-state index in [9.17, 15) is 12.8 Å². The van der Waals surface area contributed by atoms with Gasteiger partial charge >= 0.3 is 0 Å². The first-order chi connectivity index (χ1) is 8.49. The van der Waals surface area contributed by atoms with Gasteiger partial charge < -0.3 is 5.32 Å². The van der Waals surface area contributed by atoms with E-state index in [2.05, 4.69) is 10.0 Å². The summed E-state index contributed by atoms with van der Waals surface area (Å²) >= 11 is 0. The summed E-state index contributed by atoms with van der Waals surface area (Å²) in [7, 11) is -3.78. The van der Waals surface area contributed by atoms with Gasteiger partial charge in [-0.15, -0.1) is 0 Å². The Morgan fingerprint density at radius 3 is 2.89 bits per heavy atom. The van der Waals surface area contributed by atoms with E-state index in [0.717, 1.165) is 24.9 Å². The van der Waals surface area contributed by atoms with Gasteiger partial charge in [-0.05, 0) is 44.0 Å². The number of hydrogen-bond acceptors (Lipinski definition) is 3. The second-order valence-corrected chi connectivity index (χ2v) is 6.28. The van der Waals surface area contributed by atoms with Gasteiger partial charge in [0.2, 0.25) is 10.0 Å². The van der Waals surface area contributed by atoms with Gasteiger partial charge in [0.05, 0.1) is 0 Å². The molecular formula is C12H17FN2O2S. The Morgan fingerprint density at radius 2 is 2.22 bits per heavy atom. The molecule has 1 saturated heterocycles. The molecule has 1 aromatic carbocycles. The van der Waals surface area contributed by atoms with Gasteiger partial charge in [-0.1, -0.05) is 6.07 Å². The molecule has 1 unspecified atom stereocenters. The number of benzene rings is 1. The third-order valence-electron chi connectivity index (χ3n) is 2.99. The molecule has 1 aliphatic heterocycles. The van der Waals surface area contributed by atoms with Crippen molar-refractivity contribution in [2.24, 2.45) is 0 Å². The maximum atomic E-state index is 13.6. The molecule has 100 valence electrons. The molecule has 2 N–H and O–H groups in total. The zero-order valence-electron chi connectivity index (χ0n) is 10.2. The van der Waals surface area contributed by atoms with E-state index >= 15 is 0 Å². The van der Waals surface area contributed by atoms with Crippen LogP contribution in [0.15, 0.2) is 23.1 Å². The quantitative estimate of drug-likeness (QED) is 0.868. The Kier molecular flexibility index (Phi) is 3.99. The van der Waals surface area contributed by atoms with E-state index in [0.29, 0.717) is 6.54 Å². The van der Waals surface area contributed by atoms with Crippen LogP contribution in [0.5, 0.6) is 0 Å². The first kappa shape index (κ1) is 13.5. The first-order valence-electron chi connectivity index (χ1n) is 5.98. The van der Waals surface area contributed by atoms with Gasteiger partial charge in [-0.2, -0.15) is 0 Å². The van der Waals surface area contributed by atoms with Crippen LogP contribution in [0.3, 0.4) is 0 Å². The molecule has 0 aromatic heterocycles. The van der Waals surface area contributed by atoms with Crippen molar-refractivity contribution in [3.05, 3.63) is 29.6 Å². The number of hydrogen-bond donors (Lipinski definition) is 2. The predicted molar refractivity (Wildman–Crippen MR) is 67.4 cm³/mol. The third-order valence-corrected chi connectivity index (χ3v) is 4.53. The fourth-order valence-electron chi connectivity index (χ4n) is 2.05. The molecule has 1 atom stereocenters. The highest BCUT2D eigenvalue weighted by Crippen LogP contribution is 2.17. The summed E-state index contributed by atoms with van der Waals surface area (Å²) in [4.78, 5) is -0.270. The lowest BCUT2D eigenvalue weighted by molar-refractivity contribution is 0.427. The summed E-state index contributed by atoms with van der Waals surface area (Å²) in [5.74, 6) is -0.711. The van der Waals surface area contributed by atoms with Crippen LogP contribution >= 0.6 is 0 Å². The molecule has 4 nitrogen and oxygen atoms in total. The van der Waals surface area contributed by atoms with Crippen LogP contribution in [-0.4, -0.2) is 27.5 Å². The average molecular weight is 272 g/mol. The number of rotatable bonds is 3. The van der Waals surface area contributed by atoms with Crippen LogP contribution in [0.2, 0.25) is 0 Å². The van der Waals surface area contributed by atoms with Crippen molar-refractivity contribution in [1.82, 2.24) is 10.0 Å². The van der Waals surface area contributed by atoms with Crippen molar-refractivity contribution in [2.45, 2.75) is 30.7 Å². The minimum absolute atomic E-state index is 0.163. The summed E-state index contributed by atoms with van der Waals surface area (Å²) in [6.45, 7) is 3.23. The molecule has 18 heavy (non-hydrogen) atoms. The van der Waals surface area contributed by atoms with E-state index in [-0.39, 0.29) is 10.9 Å². The Balaban J connectivity index is 2.21. The van der Waals surface area contributed by atoms with Crippen LogP contribution in [0.4, 0.5) is 4.39 Å². The molecule has 2 rings (SSSR count). The van der Waals surface area contributed by atoms with E-state index in [1.807, 2.05) is 0 Å². The minimum atomic E-state index is -3.78. The van der Waals surface area contributed by atoms with Crippen LogP contribution < -0.4 is 10.0 Å². The lowest BCUT2D eigenvalue weighted by Gasteiger charge is -2.23. The highest BCUT2D eigenvalue weighted by molar-refractivity contribution is 7.89. The smallest absolute Gasteiger partial charge is 0.243 e. The number of aryl methyl sites for hydroxylation is 1. The van der Waals surface area contributed by atoms with Gasteiger partial charge in [-0.3, -0.25) is 0 Å². The van der Waals surface area contributed by atoms with Gasteiger partial charge in [0.25, 0.3) is 0 Å². The van der Waals surface area contributed by atoms with Crippen LogP contribution in [0, 0.1) is 12.7 Å². The number of sulfonamides is 1. The van der Waals surface area contributed by atoms with Gasteiger partial charge in [0.15, 0.2) is 0 Å². The van der Waals surface area contributed by atoms with Crippen molar-refractivity contribution >= 4 is 10.0 Å². The number of halogens is 1. The molecule has 1 aromatic rings. The lowest BCUT2D eigenvalue weighted by Crippen LogP contribution is -2.45. The molecule has 1 heterocycles. The summed E-state index contributed by atoms with van der Waals surface area (Å²) < 4.78 is 40.3. The molecule has 0 radical (unpaired) electrons. The first-order valence-corrected chi connectivity index (χ1v) is 7.46. The molecule has 0 amide bonds. The maximum absolute atomic E-state index is 13.6. The lowest BCUT2D eigenvalue weighted by atomic mass is 10.1. The molecule has 1 aliphatic rings. The number of nitrogens with one attached hydrogen (secondary N) is 2. The Labute approximate surface area is 107 Å². The van der Waals surface area contributed by atoms with Gasteiger partial charge in [0, 0.05) is 12.6 Å². The van der Waals surface area contributed by atoms with E-state index < -0.39 is 15.8 Å². The standard InChI is InChI=1S/C12H17FN2O2S/c1-9-4-5-11(13)12(7-9)18(16,17)15-10-3-2-6-14-8-10/h4-5,7,10,14-15H,2-3,6,8H2,1H3. The zero-order chi connectivity index (χ0) is 13.2. The van der Waals surface area contributed by atoms with Crippen molar-refractivity contribution in [1.29, 1.82) is 0 Å². The van der Waals surface area contributed by atoms with Crippen LogP contribution in [-0.2, 0) is 10.0 Å². The van der Waals surface area contributed by atoms with Crippen molar-refractivity contribution in [3.63, 3.8) is 0 Å². The average Bonchev–Trinajstić information content (AvgIpc) is 2.33. The van der Waals surface area contributed by atoms with E-state index in [1.165, 1.54) is 12.1 Å². The van der Waals surface area contributed by atoms with Gasteiger partial charge in [0.1, 0.15) is 10.7 Å². The summed E-state index contributed by atoms with van der Waals surface area (Å²) in [6, 6.07) is 3.93. The van der Waals surface area contributed by atoms with Crippen molar-refractivity contribution in [2.75, 3.05) is 13.1 Å². The molecule has 1 fully saturated rings. The largest absolute Gasteiger partial charge is 0.315 e. The van der Waals surface area contributed by atoms with Crippen LogP contribution in [0.25, 0.3) is 0 Å². The van der Waals surface area contributed by atoms with Crippen molar-refractivity contribution < 1.29 is 12.8 Å². The van der Waals surface area contributed by atoms with E-state index in [1.54, 1.807) is 13.0 Å². The fraction of sp³-hybridized carbons (Fsp3) is 0.500. The molecule has 0 aliphatic carbocycles. The zero-order valence-corrected chi connectivity index (χ0v) is 11.1. The Bertz CT molecular complexity index is 525. The normalized spacial score (nSPS) is 20.9. The second kappa shape index (κ2) is 5.34. The highest BCUT2D eigenvalue weighted by atomic mass is 32.2. The molecule has 0 spiro atoms. The third kappa shape index (κ3) is 3.07. The predicted octanol–water partition coefficient (Wildman–Crippen LogP) is 1.16. The monoisotopic (exact) mass is 272 g/mol. The molecular weight excluding hydrogens is 255 g/mol. The minimum Gasteiger partial charge on any atom is -0.315 e. The maximum Gasteiger partial charge on any atom is 0.243 e. The summed E-state index contributed by atoms with van der Waals surface area (Å²) in [6.07, 6.45) is 1.70. The molecule has 0 bridgehead atoms.